The van der Waals surface area contributed by atoms with E-state index >= 15 is 0 Å². The van der Waals surface area contributed by atoms with E-state index in [1.54, 1.807) is 62.6 Å². The second-order valence-electron chi connectivity index (χ2n) is 7.12. The van der Waals surface area contributed by atoms with Gasteiger partial charge >= 0.3 is 0 Å². The first kappa shape index (κ1) is 20.3. The summed E-state index contributed by atoms with van der Waals surface area (Å²) in [6, 6.07) is 13.8. The van der Waals surface area contributed by atoms with Crippen molar-refractivity contribution in [2.75, 3.05) is 26.0 Å². The molecule has 1 aliphatic heterocycles. The highest BCUT2D eigenvalue weighted by Crippen LogP contribution is 2.22. The monoisotopic (exact) mass is 393 g/mol. The highest BCUT2D eigenvalue weighted by Gasteiger charge is 2.34. The summed E-state index contributed by atoms with van der Waals surface area (Å²) in [6.45, 7) is 0.200. The number of likely N-dealkylation sites (N-methyl/N-ethyl adjacent to an activating group) is 1. The Morgan fingerprint density at radius 2 is 1.52 bits per heavy atom. The number of fused-ring (bicyclic) bond motifs is 1. The summed E-state index contributed by atoms with van der Waals surface area (Å²) in [6.07, 6.45) is 0.877. The van der Waals surface area contributed by atoms with Crippen LogP contribution in [0.15, 0.2) is 48.5 Å². The third-order valence-electron chi connectivity index (χ3n) is 4.76. The summed E-state index contributed by atoms with van der Waals surface area (Å²) in [4.78, 5) is 51.2. The molecule has 150 valence electrons. The van der Waals surface area contributed by atoms with Crippen LogP contribution in [-0.4, -0.2) is 54.1 Å². The van der Waals surface area contributed by atoms with Crippen LogP contribution in [0, 0.1) is 0 Å². The number of carbonyl (C=O) groups excluding carboxylic acids is 4. The molecule has 0 atom stereocenters. The zero-order valence-electron chi connectivity index (χ0n) is 16.5. The van der Waals surface area contributed by atoms with Crippen LogP contribution < -0.4 is 5.32 Å². The van der Waals surface area contributed by atoms with E-state index in [0.29, 0.717) is 29.7 Å². The summed E-state index contributed by atoms with van der Waals surface area (Å²) < 4.78 is 0. The van der Waals surface area contributed by atoms with Gasteiger partial charge in [-0.2, -0.15) is 0 Å². The molecule has 1 N–H and O–H groups in total. The number of amides is 4. The number of hydrogen-bond donors (Lipinski definition) is 1. The van der Waals surface area contributed by atoms with Crippen LogP contribution in [0.25, 0.3) is 0 Å². The van der Waals surface area contributed by atoms with Crippen LogP contribution in [0.2, 0.25) is 0 Å². The minimum absolute atomic E-state index is 0.00921. The van der Waals surface area contributed by atoms with Gasteiger partial charge in [-0.05, 0) is 36.2 Å². The molecule has 4 amide bonds. The van der Waals surface area contributed by atoms with Gasteiger partial charge in [0, 0.05) is 32.7 Å². The number of nitrogens with one attached hydrogen (secondary N) is 1. The molecule has 0 spiro atoms. The van der Waals surface area contributed by atoms with Gasteiger partial charge in [0.15, 0.2) is 0 Å². The third kappa shape index (κ3) is 4.68. The van der Waals surface area contributed by atoms with Gasteiger partial charge in [0.25, 0.3) is 11.8 Å². The Bertz CT molecular complexity index is 916. The summed E-state index contributed by atoms with van der Waals surface area (Å²) in [5, 5.41) is 2.79. The first-order chi connectivity index (χ1) is 13.9. The molecule has 7 heteroatoms. The van der Waals surface area contributed by atoms with Gasteiger partial charge in [-0.1, -0.05) is 24.3 Å². The van der Waals surface area contributed by atoms with Gasteiger partial charge in [0.05, 0.1) is 17.5 Å². The lowest BCUT2D eigenvalue weighted by Crippen LogP contribution is -2.31. The van der Waals surface area contributed by atoms with Gasteiger partial charge < -0.3 is 10.2 Å². The van der Waals surface area contributed by atoms with Crippen molar-refractivity contribution in [1.29, 1.82) is 0 Å². The quantitative estimate of drug-likeness (QED) is 0.732. The summed E-state index contributed by atoms with van der Waals surface area (Å²) in [5.74, 6) is -0.809. The van der Waals surface area contributed by atoms with Crippen molar-refractivity contribution < 1.29 is 19.2 Å². The van der Waals surface area contributed by atoms with Gasteiger partial charge in [-0.25, -0.2) is 0 Å². The van der Waals surface area contributed by atoms with Crippen molar-refractivity contribution in [1.82, 2.24) is 9.80 Å². The molecule has 2 aromatic rings. The molecule has 0 saturated carbocycles. The van der Waals surface area contributed by atoms with Gasteiger partial charge in [-0.15, -0.1) is 0 Å². The molecule has 2 aromatic carbocycles. The van der Waals surface area contributed by atoms with Crippen molar-refractivity contribution in [3.8, 4) is 0 Å². The summed E-state index contributed by atoms with van der Waals surface area (Å²) in [7, 11) is 3.41. The van der Waals surface area contributed by atoms with E-state index in [1.165, 1.54) is 9.80 Å². The Morgan fingerprint density at radius 1 is 0.931 bits per heavy atom. The Labute approximate surface area is 169 Å². The van der Waals surface area contributed by atoms with Crippen LogP contribution in [0.1, 0.15) is 39.1 Å². The zero-order valence-corrected chi connectivity index (χ0v) is 16.5. The molecule has 7 nitrogen and oxygen atoms in total. The Morgan fingerprint density at radius 3 is 2.07 bits per heavy atom. The lowest BCUT2D eigenvalue weighted by atomic mass is 10.1. The second-order valence-corrected chi connectivity index (χ2v) is 7.12. The molecule has 0 fully saturated rings. The predicted octanol–water partition coefficient (Wildman–Crippen LogP) is 2.33. The molecule has 3 rings (SSSR count). The molecular weight excluding hydrogens is 370 g/mol. The maximum Gasteiger partial charge on any atom is 0.261 e. The maximum atomic E-state index is 12.3. The standard InChI is InChI=1S/C22H23N3O4/c1-24(2)20(27)14-15-9-11-16(12-10-15)23-19(26)8-5-13-25-21(28)17-6-3-4-7-18(17)22(25)29/h3-4,6-7,9-12H,5,8,13-14H2,1-2H3,(H,23,26). The summed E-state index contributed by atoms with van der Waals surface area (Å²) in [5.41, 5.74) is 2.33. The largest absolute Gasteiger partial charge is 0.349 e. The topological polar surface area (TPSA) is 86.8 Å². The fraction of sp³-hybridized carbons (Fsp3) is 0.273. The molecule has 29 heavy (non-hydrogen) atoms. The fourth-order valence-corrected chi connectivity index (χ4v) is 3.10. The number of hydrogen-bond acceptors (Lipinski definition) is 4. The Hall–Kier alpha value is -3.48. The van der Waals surface area contributed by atoms with E-state index < -0.39 is 0 Å². The van der Waals surface area contributed by atoms with Crippen LogP contribution in [0.3, 0.4) is 0 Å². The van der Waals surface area contributed by atoms with E-state index in [9.17, 15) is 19.2 Å². The normalized spacial score (nSPS) is 12.7. The SMILES string of the molecule is CN(C)C(=O)Cc1ccc(NC(=O)CCCN2C(=O)c3ccccc3C2=O)cc1. The zero-order chi connectivity index (χ0) is 21.0. The van der Waals surface area contributed by atoms with Crippen LogP contribution in [0.5, 0.6) is 0 Å². The van der Waals surface area contributed by atoms with E-state index in [-0.39, 0.29) is 36.6 Å². The molecular formula is C22H23N3O4. The van der Waals surface area contributed by atoms with Gasteiger partial charge in [-0.3, -0.25) is 24.1 Å². The second kappa shape index (κ2) is 8.68. The van der Waals surface area contributed by atoms with Crippen molar-refractivity contribution in [3.63, 3.8) is 0 Å². The summed E-state index contributed by atoms with van der Waals surface area (Å²) >= 11 is 0. The van der Waals surface area contributed by atoms with Crippen molar-refractivity contribution in [2.24, 2.45) is 0 Å². The van der Waals surface area contributed by atoms with Crippen LogP contribution >= 0.6 is 0 Å². The number of imide groups is 1. The average Bonchev–Trinajstić information content (AvgIpc) is 2.94. The smallest absolute Gasteiger partial charge is 0.261 e. The average molecular weight is 393 g/mol. The molecule has 0 radical (unpaired) electrons. The predicted molar refractivity (Wildman–Crippen MR) is 109 cm³/mol. The molecule has 0 unspecified atom stereocenters. The number of benzene rings is 2. The van der Waals surface area contributed by atoms with Crippen molar-refractivity contribution in [2.45, 2.75) is 19.3 Å². The number of nitrogens with zero attached hydrogens (tertiary/aromatic N) is 2. The van der Waals surface area contributed by atoms with Crippen LogP contribution in [-0.2, 0) is 16.0 Å². The lowest BCUT2D eigenvalue weighted by molar-refractivity contribution is -0.128. The molecule has 1 heterocycles. The molecule has 0 bridgehead atoms. The molecule has 0 aromatic heterocycles. The first-order valence-corrected chi connectivity index (χ1v) is 9.41. The van der Waals surface area contributed by atoms with Gasteiger partial charge in [0.2, 0.25) is 11.8 Å². The van der Waals surface area contributed by atoms with Crippen molar-refractivity contribution >= 4 is 29.3 Å². The first-order valence-electron chi connectivity index (χ1n) is 9.41. The fourth-order valence-electron chi connectivity index (χ4n) is 3.10. The molecule has 0 aliphatic carbocycles. The number of carbonyl (C=O) groups is 4. The van der Waals surface area contributed by atoms with E-state index in [2.05, 4.69) is 5.32 Å². The Balaban J connectivity index is 1.47. The van der Waals surface area contributed by atoms with E-state index in [1.807, 2.05) is 0 Å². The highest BCUT2D eigenvalue weighted by molar-refractivity contribution is 6.21. The molecule has 0 saturated heterocycles. The minimum Gasteiger partial charge on any atom is -0.349 e. The van der Waals surface area contributed by atoms with E-state index in [4.69, 9.17) is 0 Å². The maximum absolute atomic E-state index is 12.3. The van der Waals surface area contributed by atoms with Gasteiger partial charge in [0.1, 0.15) is 0 Å². The number of rotatable bonds is 7. The minimum atomic E-state index is -0.311. The lowest BCUT2D eigenvalue weighted by Gasteiger charge is -2.13. The van der Waals surface area contributed by atoms with Crippen LogP contribution in [0.4, 0.5) is 5.69 Å². The molecule has 1 aliphatic rings. The van der Waals surface area contributed by atoms with E-state index in [0.717, 1.165) is 5.56 Å². The Kier molecular flexibility index (Phi) is 6.07. The third-order valence-corrected chi connectivity index (χ3v) is 4.76. The number of anilines is 1. The van der Waals surface area contributed by atoms with Crippen molar-refractivity contribution in [3.05, 3.63) is 65.2 Å². The highest BCUT2D eigenvalue weighted by atomic mass is 16.2.